The molecule has 0 atom stereocenters. The lowest BCUT2D eigenvalue weighted by molar-refractivity contribution is -0.145. The molecule has 0 unspecified atom stereocenters. The Morgan fingerprint density at radius 1 is 1.38 bits per heavy atom. The van der Waals surface area contributed by atoms with Crippen LogP contribution < -0.4 is 0 Å². The Kier molecular flexibility index (Phi) is 4.40. The van der Waals surface area contributed by atoms with Gasteiger partial charge in [0.2, 0.25) is 0 Å². The Labute approximate surface area is 129 Å². The Bertz CT molecular complexity index is 580. The van der Waals surface area contributed by atoms with Crippen LogP contribution in [0.5, 0.6) is 0 Å². The first-order chi connectivity index (χ1) is 10.2. The minimum Gasteiger partial charge on any atom is -0.367 e. The SMILES string of the molecule is CCOC1(C(=O)Cc2cn3ccsc3n2)CCCCCC1. The molecule has 0 spiro atoms. The number of ether oxygens (including phenoxy) is 1. The first-order valence-corrected chi connectivity index (χ1v) is 8.70. The van der Waals surface area contributed by atoms with Gasteiger partial charge >= 0.3 is 0 Å². The van der Waals surface area contributed by atoms with Crippen molar-refractivity contribution >= 4 is 22.1 Å². The van der Waals surface area contributed by atoms with E-state index < -0.39 is 5.60 Å². The number of Topliss-reactive ketones (excluding diaryl/α,β-unsaturated/α-hetero) is 1. The van der Waals surface area contributed by atoms with Crippen molar-refractivity contribution in [3.8, 4) is 0 Å². The van der Waals surface area contributed by atoms with Crippen LogP contribution in [0.1, 0.15) is 51.1 Å². The second-order valence-electron chi connectivity index (χ2n) is 5.77. The predicted molar refractivity (Wildman–Crippen MR) is 83.8 cm³/mol. The summed E-state index contributed by atoms with van der Waals surface area (Å²) in [4.78, 5) is 18.3. The highest BCUT2D eigenvalue weighted by molar-refractivity contribution is 7.15. The third-order valence-electron chi connectivity index (χ3n) is 4.32. The molecular weight excluding hydrogens is 284 g/mol. The van der Waals surface area contributed by atoms with Gasteiger partial charge in [-0.05, 0) is 19.8 Å². The summed E-state index contributed by atoms with van der Waals surface area (Å²) >= 11 is 1.59. The smallest absolute Gasteiger partial charge is 0.193 e. The monoisotopic (exact) mass is 306 g/mol. The number of hydrogen-bond acceptors (Lipinski definition) is 4. The van der Waals surface area contributed by atoms with E-state index in [1.54, 1.807) is 11.3 Å². The number of aromatic nitrogens is 2. The van der Waals surface area contributed by atoms with Gasteiger partial charge < -0.3 is 4.74 Å². The van der Waals surface area contributed by atoms with Crippen molar-refractivity contribution < 1.29 is 9.53 Å². The lowest BCUT2D eigenvalue weighted by atomic mass is 9.87. The molecule has 1 aliphatic rings. The summed E-state index contributed by atoms with van der Waals surface area (Å²) in [6.07, 6.45) is 10.6. The number of carbonyl (C=O) groups excluding carboxylic acids is 1. The molecular formula is C16H22N2O2S. The molecule has 0 radical (unpaired) electrons. The molecule has 3 rings (SSSR count). The van der Waals surface area contributed by atoms with Crippen LogP contribution in [-0.2, 0) is 16.0 Å². The molecule has 21 heavy (non-hydrogen) atoms. The number of carbonyl (C=O) groups is 1. The summed E-state index contributed by atoms with van der Waals surface area (Å²) in [7, 11) is 0. The zero-order chi connectivity index (χ0) is 14.7. The molecule has 0 N–H and O–H groups in total. The molecule has 5 heteroatoms. The Balaban J connectivity index is 1.78. The van der Waals surface area contributed by atoms with Crippen LogP contribution in [0.15, 0.2) is 17.8 Å². The number of ketones is 1. The number of nitrogens with zero attached hydrogens (tertiary/aromatic N) is 2. The fraction of sp³-hybridized carbons (Fsp3) is 0.625. The normalized spacial score (nSPS) is 18.7. The van der Waals surface area contributed by atoms with Crippen molar-refractivity contribution in [2.24, 2.45) is 0 Å². The second kappa shape index (κ2) is 6.28. The first-order valence-electron chi connectivity index (χ1n) is 7.82. The van der Waals surface area contributed by atoms with Gasteiger partial charge in [0.05, 0.1) is 12.1 Å². The topological polar surface area (TPSA) is 43.6 Å². The number of imidazole rings is 1. The Hall–Kier alpha value is -1.20. The average Bonchev–Trinajstić information content (AvgIpc) is 2.94. The standard InChI is InChI=1S/C16H22N2O2S/c1-2-20-16(7-5-3-4-6-8-16)14(19)11-13-12-18-9-10-21-15(18)17-13/h9-10,12H,2-8,11H2,1H3. The third kappa shape index (κ3) is 3.04. The molecule has 114 valence electrons. The van der Waals surface area contributed by atoms with Gasteiger partial charge in [-0.1, -0.05) is 25.7 Å². The van der Waals surface area contributed by atoms with Crippen LogP contribution in [0.3, 0.4) is 0 Å². The molecule has 1 fully saturated rings. The maximum absolute atomic E-state index is 12.9. The fourth-order valence-corrected chi connectivity index (χ4v) is 3.99. The van der Waals surface area contributed by atoms with E-state index in [2.05, 4.69) is 4.98 Å². The predicted octanol–water partition coefficient (Wildman–Crippen LogP) is 3.64. The largest absolute Gasteiger partial charge is 0.367 e. The molecule has 0 amide bonds. The molecule has 0 bridgehead atoms. The summed E-state index contributed by atoms with van der Waals surface area (Å²) in [6.45, 7) is 2.58. The fourth-order valence-electron chi connectivity index (χ4n) is 3.27. The van der Waals surface area contributed by atoms with Crippen LogP contribution in [0.2, 0.25) is 0 Å². The zero-order valence-electron chi connectivity index (χ0n) is 12.5. The number of hydrogen-bond donors (Lipinski definition) is 0. The van der Waals surface area contributed by atoms with Gasteiger partial charge in [0, 0.05) is 24.4 Å². The van der Waals surface area contributed by atoms with Gasteiger partial charge in [-0.15, -0.1) is 11.3 Å². The van der Waals surface area contributed by atoms with E-state index >= 15 is 0 Å². The van der Waals surface area contributed by atoms with E-state index in [1.165, 1.54) is 12.8 Å². The Morgan fingerprint density at radius 2 is 2.14 bits per heavy atom. The van der Waals surface area contributed by atoms with Crippen LogP contribution in [0.4, 0.5) is 0 Å². The van der Waals surface area contributed by atoms with Crippen LogP contribution in [0, 0.1) is 0 Å². The van der Waals surface area contributed by atoms with Crippen molar-refractivity contribution in [3.05, 3.63) is 23.5 Å². The summed E-state index contributed by atoms with van der Waals surface area (Å²) in [6, 6.07) is 0. The minimum atomic E-state index is -0.567. The van der Waals surface area contributed by atoms with E-state index in [9.17, 15) is 4.79 Å². The zero-order valence-corrected chi connectivity index (χ0v) is 13.3. The third-order valence-corrected chi connectivity index (χ3v) is 5.10. The molecule has 0 aromatic carbocycles. The second-order valence-corrected chi connectivity index (χ2v) is 6.64. The summed E-state index contributed by atoms with van der Waals surface area (Å²) in [5.41, 5.74) is 0.289. The van der Waals surface area contributed by atoms with Gasteiger partial charge in [-0.3, -0.25) is 9.20 Å². The van der Waals surface area contributed by atoms with Crippen molar-refractivity contribution in [3.63, 3.8) is 0 Å². The van der Waals surface area contributed by atoms with Crippen molar-refractivity contribution in [1.82, 2.24) is 9.38 Å². The highest BCUT2D eigenvalue weighted by Crippen LogP contribution is 2.32. The van der Waals surface area contributed by atoms with Crippen LogP contribution in [-0.4, -0.2) is 27.4 Å². The number of fused-ring (bicyclic) bond motifs is 1. The first kappa shape index (κ1) is 14.7. The molecule has 0 aliphatic heterocycles. The van der Waals surface area contributed by atoms with E-state index in [0.29, 0.717) is 13.0 Å². The maximum Gasteiger partial charge on any atom is 0.193 e. The lowest BCUT2D eigenvalue weighted by Crippen LogP contribution is -2.42. The van der Waals surface area contributed by atoms with Crippen molar-refractivity contribution in [2.45, 2.75) is 57.5 Å². The summed E-state index contributed by atoms with van der Waals surface area (Å²) in [5, 5.41) is 2.00. The van der Waals surface area contributed by atoms with Crippen molar-refractivity contribution in [2.75, 3.05) is 6.61 Å². The highest BCUT2D eigenvalue weighted by atomic mass is 32.1. The number of rotatable bonds is 5. The molecule has 2 heterocycles. The maximum atomic E-state index is 12.9. The van der Waals surface area contributed by atoms with Gasteiger partial charge in [-0.25, -0.2) is 4.98 Å². The van der Waals surface area contributed by atoms with Gasteiger partial charge in [0.25, 0.3) is 0 Å². The van der Waals surface area contributed by atoms with Gasteiger partial charge in [0.1, 0.15) is 5.60 Å². The van der Waals surface area contributed by atoms with Gasteiger partial charge in [0.15, 0.2) is 10.7 Å². The molecule has 0 saturated heterocycles. The van der Waals surface area contributed by atoms with E-state index in [4.69, 9.17) is 4.74 Å². The molecule has 1 aliphatic carbocycles. The van der Waals surface area contributed by atoms with E-state index in [1.807, 2.05) is 29.1 Å². The highest BCUT2D eigenvalue weighted by Gasteiger charge is 2.39. The Morgan fingerprint density at radius 3 is 2.81 bits per heavy atom. The lowest BCUT2D eigenvalue weighted by Gasteiger charge is -2.31. The number of thiazole rings is 1. The van der Waals surface area contributed by atoms with Crippen LogP contribution in [0.25, 0.3) is 4.96 Å². The van der Waals surface area contributed by atoms with Gasteiger partial charge in [-0.2, -0.15) is 0 Å². The molecule has 4 nitrogen and oxygen atoms in total. The molecule has 2 aromatic rings. The minimum absolute atomic E-state index is 0.206. The van der Waals surface area contributed by atoms with E-state index in [-0.39, 0.29) is 5.78 Å². The van der Waals surface area contributed by atoms with E-state index in [0.717, 1.165) is 36.3 Å². The van der Waals surface area contributed by atoms with Crippen molar-refractivity contribution in [1.29, 1.82) is 0 Å². The molecule has 2 aromatic heterocycles. The summed E-state index contributed by atoms with van der Waals surface area (Å²) < 4.78 is 7.94. The summed E-state index contributed by atoms with van der Waals surface area (Å²) in [5.74, 6) is 0.206. The van der Waals surface area contributed by atoms with Crippen LogP contribution >= 0.6 is 11.3 Å². The average molecular weight is 306 g/mol. The quantitative estimate of drug-likeness (QED) is 0.792. The molecule has 1 saturated carbocycles.